The first kappa shape index (κ1) is 18.1. The summed E-state index contributed by atoms with van der Waals surface area (Å²) < 4.78 is 0. The molecule has 0 bridgehead atoms. The highest BCUT2D eigenvalue weighted by atomic mass is 16.2. The zero-order valence-electron chi connectivity index (χ0n) is 15.0. The number of anilines is 4. The Bertz CT molecular complexity index is 959. The van der Waals surface area contributed by atoms with Crippen LogP contribution in [0.1, 0.15) is 17.4 Å². The largest absolute Gasteiger partial charge is 0.326 e. The molecule has 0 atom stereocenters. The van der Waals surface area contributed by atoms with Crippen molar-refractivity contribution >= 4 is 34.8 Å². The summed E-state index contributed by atoms with van der Waals surface area (Å²) >= 11 is 0. The Morgan fingerprint density at radius 3 is 2.44 bits per heavy atom. The molecule has 7 nitrogen and oxygen atoms in total. The van der Waals surface area contributed by atoms with E-state index in [1.165, 1.54) is 18.0 Å². The minimum atomic E-state index is -0.237. The molecule has 2 amide bonds. The Hall–Kier alpha value is -3.74. The Labute approximate surface area is 157 Å². The molecule has 2 N–H and O–H groups in total. The van der Waals surface area contributed by atoms with Crippen LogP contribution in [-0.4, -0.2) is 28.8 Å². The van der Waals surface area contributed by atoms with Gasteiger partial charge in [-0.15, -0.1) is 0 Å². The molecule has 0 aliphatic rings. The number of amides is 2. The maximum absolute atomic E-state index is 12.7. The Balaban J connectivity index is 1.78. The van der Waals surface area contributed by atoms with Gasteiger partial charge in [0.1, 0.15) is 5.69 Å². The number of benzene rings is 2. The van der Waals surface area contributed by atoms with E-state index in [4.69, 9.17) is 0 Å². The van der Waals surface area contributed by atoms with Gasteiger partial charge >= 0.3 is 0 Å². The van der Waals surface area contributed by atoms with E-state index in [-0.39, 0.29) is 17.5 Å². The molecule has 136 valence electrons. The van der Waals surface area contributed by atoms with Gasteiger partial charge in [-0.3, -0.25) is 9.59 Å². The molecule has 0 unspecified atom stereocenters. The minimum Gasteiger partial charge on any atom is -0.326 e. The van der Waals surface area contributed by atoms with Crippen molar-refractivity contribution in [1.29, 1.82) is 0 Å². The second kappa shape index (κ2) is 8.09. The highest BCUT2D eigenvalue weighted by Gasteiger charge is 2.15. The van der Waals surface area contributed by atoms with Gasteiger partial charge in [-0.05, 0) is 36.4 Å². The Morgan fingerprint density at radius 1 is 0.963 bits per heavy atom. The van der Waals surface area contributed by atoms with Crippen molar-refractivity contribution in [3.63, 3.8) is 0 Å². The fourth-order valence-electron chi connectivity index (χ4n) is 2.49. The van der Waals surface area contributed by atoms with Gasteiger partial charge < -0.3 is 15.5 Å². The number of nitrogens with one attached hydrogen (secondary N) is 2. The van der Waals surface area contributed by atoms with Gasteiger partial charge in [-0.2, -0.15) is 0 Å². The second-order valence-electron chi connectivity index (χ2n) is 5.85. The molecule has 0 aliphatic heterocycles. The van der Waals surface area contributed by atoms with Gasteiger partial charge in [-0.1, -0.05) is 24.3 Å². The van der Waals surface area contributed by atoms with Gasteiger partial charge in [0.15, 0.2) is 0 Å². The first-order valence-corrected chi connectivity index (χ1v) is 8.34. The third kappa shape index (κ3) is 4.66. The normalized spacial score (nSPS) is 10.1. The predicted octanol–water partition coefficient (Wildman–Crippen LogP) is 3.46. The summed E-state index contributed by atoms with van der Waals surface area (Å²) in [4.78, 5) is 33.9. The van der Waals surface area contributed by atoms with E-state index >= 15 is 0 Å². The number of nitrogens with zero attached hydrogens (tertiary/aromatic N) is 3. The van der Waals surface area contributed by atoms with Crippen LogP contribution in [-0.2, 0) is 4.79 Å². The fraction of sp³-hybridized carbons (Fsp3) is 0.100. The van der Waals surface area contributed by atoms with Crippen LogP contribution in [0.2, 0.25) is 0 Å². The number of aromatic nitrogens is 2. The summed E-state index contributed by atoms with van der Waals surface area (Å²) in [5.41, 5.74) is 2.40. The average molecular weight is 361 g/mol. The standard InChI is InChI=1S/C20H19N5O2/c1-14(26)22-15-7-6-8-16(13-15)23-20-21-12-11-18(24-20)19(27)25(2)17-9-4-3-5-10-17/h3-13H,1-2H3,(H,22,26)(H,21,23,24). The fourth-order valence-corrected chi connectivity index (χ4v) is 2.49. The highest BCUT2D eigenvalue weighted by molar-refractivity contribution is 6.04. The molecule has 3 rings (SSSR count). The molecule has 0 fully saturated rings. The molecule has 7 heteroatoms. The van der Waals surface area contributed by atoms with E-state index in [1.54, 1.807) is 31.3 Å². The molecule has 0 saturated heterocycles. The van der Waals surface area contributed by atoms with E-state index in [1.807, 2.05) is 36.4 Å². The van der Waals surface area contributed by atoms with Crippen LogP contribution in [0.4, 0.5) is 23.0 Å². The van der Waals surface area contributed by atoms with Gasteiger partial charge in [0.2, 0.25) is 11.9 Å². The number of hydrogen-bond acceptors (Lipinski definition) is 5. The molecule has 0 saturated carbocycles. The SMILES string of the molecule is CC(=O)Nc1cccc(Nc2nccc(C(=O)N(C)c3ccccc3)n2)c1. The number of carbonyl (C=O) groups is 2. The summed E-state index contributed by atoms with van der Waals surface area (Å²) in [7, 11) is 1.70. The summed E-state index contributed by atoms with van der Waals surface area (Å²) in [5.74, 6) is -0.0964. The summed E-state index contributed by atoms with van der Waals surface area (Å²) in [6.07, 6.45) is 1.53. The Kier molecular flexibility index (Phi) is 5.41. The van der Waals surface area contributed by atoms with Crippen molar-refractivity contribution in [2.45, 2.75) is 6.92 Å². The minimum absolute atomic E-state index is 0.153. The van der Waals surface area contributed by atoms with E-state index in [2.05, 4.69) is 20.6 Å². The zero-order chi connectivity index (χ0) is 19.2. The van der Waals surface area contributed by atoms with Gasteiger partial charge in [-0.25, -0.2) is 9.97 Å². The third-order valence-corrected chi connectivity index (χ3v) is 3.76. The predicted molar refractivity (Wildman–Crippen MR) is 105 cm³/mol. The lowest BCUT2D eigenvalue weighted by atomic mass is 10.2. The molecule has 3 aromatic rings. The van der Waals surface area contributed by atoms with E-state index in [0.29, 0.717) is 17.3 Å². The lowest BCUT2D eigenvalue weighted by molar-refractivity contribution is -0.114. The smallest absolute Gasteiger partial charge is 0.276 e. The van der Waals surface area contributed by atoms with Gasteiger partial charge in [0, 0.05) is 37.2 Å². The first-order valence-electron chi connectivity index (χ1n) is 8.34. The number of rotatable bonds is 5. The molecule has 27 heavy (non-hydrogen) atoms. The van der Waals surface area contributed by atoms with Crippen molar-refractivity contribution in [3.8, 4) is 0 Å². The topological polar surface area (TPSA) is 87.2 Å². The average Bonchev–Trinajstić information content (AvgIpc) is 2.67. The zero-order valence-corrected chi connectivity index (χ0v) is 15.0. The van der Waals surface area contributed by atoms with E-state index in [9.17, 15) is 9.59 Å². The molecular weight excluding hydrogens is 342 g/mol. The maximum atomic E-state index is 12.7. The molecule has 1 aromatic heterocycles. The van der Waals surface area contributed by atoms with Crippen molar-refractivity contribution in [3.05, 3.63) is 72.6 Å². The molecule has 0 spiro atoms. The van der Waals surface area contributed by atoms with Crippen LogP contribution in [0.5, 0.6) is 0 Å². The summed E-state index contributed by atoms with van der Waals surface area (Å²) in [5, 5.41) is 5.76. The highest BCUT2D eigenvalue weighted by Crippen LogP contribution is 2.19. The lowest BCUT2D eigenvalue weighted by Gasteiger charge is -2.17. The van der Waals surface area contributed by atoms with Crippen LogP contribution in [0.15, 0.2) is 66.9 Å². The molecule has 2 aromatic carbocycles. The summed E-state index contributed by atoms with van der Waals surface area (Å²) in [6.45, 7) is 1.45. The van der Waals surface area contributed by atoms with Crippen molar-refractivity contribution in [2.75, 3.05) is 22.6 Å². The van der Waals surface area contributed by atoms with Gasteiger partial charge in [0.05, 0.1) is 0 Å². The monoisotopic (exact) mass is 361 g/mol. The maximum Gasteiger partial charge on any atom is 0.276 e. The third-order valence-electron chi connectivity index (χ3n) is 3.76. The van der Waals surface area contributed by atoms with Crippen LogP contribution in [0.3, 0.4) is 0 Å². The first-order chi connectivity index (χ1) is 13.0. The van der Waals surface area contributed by atoms with E-state index < -0.39 is 0 Å². The number of hydrogen-bond donors (Lipinski definition) is 2. The van der Waals surface area contributed by atoms with Crippen molar-refractivity contribution in [2.24, 2.45) is 0 Å². The second-order valence-corrected chi connectivity index (χ2v) is 5.85. The molecule has 0 aliphatic carbocycles. The molecule has 0 radical (unpaired) electrons. The van der Waals surface area contributed by atoms with Crippen molar-refractivity contribution in [1.82, 2.24) is 9.97 Å². The van der Waals surface area contributed by atoms with Crippen LogP contribution in [0.25, 0.3) is 0 Å². The number of carbonyl (C=O) groups excluding carboxylic acids is 2. The van der Waals surface area contributed by atoms with E-state index in [0.717, 1.165) is 5.69 Å². The van der Waals surface area contributed by atoms with Crippen LogP contribution in [0, 0.1) is 0 Å². The van der Waals surface area contributed by atoms with Crippen molar-refractivity contribution < 1.29 is 9.59 Å². The quantitative estimate of drug-likeness (QED) is 0.727. The molecule has 1 heterocycles. The Morgan fingerprint density at radius 2 is 1.70 bits per heavy atom. The lowest BCUT2D eigenvalue weighted by Crippen LogP contribution is -2.27. The molecular formula is C20H19N5O2. The number of para-hydroxylation sites is 1. The van der Waals surface area contributed by atoms with Crippen LogP contribution >= 0.6 is 0 Å². The van der Waals surface area contributed by atoms with Gasteiger partial charge in [0.25, 0.3) is 5.91 Å². The summed E-state index contributed by atoms with van der Waals surface area (Å²) in [6, 6.07) is 18.1. The van der Waals surface area contributed by atoms with Crippen LogP contribution < -0.4 is 15.5 Å².